The van der Waals surface area contributed by atoms with Gasteiger partial charge in [-0.3, -0.25) is 14.9 Å². The summed E-state index contributed by atoms with van der Waals surface area (Å²) in [5, 5.41) is 8.23. The number of nitrogens with one attached hydrogen (secondary N) is 1. The molecule has 0 radical (unpaired) electrons. The Labute approximate surface area is 222 Å². The van der Waals surface area contributed by atoms with Crippen LogP contribution in [0.15, 0.2) is 24.3 Å². The zero-order valence-electron chi connectivity index (χ0n) is 20.6. The van der Waals surface area contributed by atoms with E-state index >= 15 is 0 Å². The summed E-state index contributed by atoms with van der Waals surface area (Å²) < 4.78 is 33.9. The van der Waals surface area contributed by atoms with Gasteiger partial charge in [0.1, 0.15) is 5.37 Å². The predicted molar refractivity (Wildman–Crippen MR) is 142 cm³/mol. The number of unbranched alkanes of at least 4 members (excludes halogenated alkanes) is 1. The molecule has 1 aromatic rings. The van der Waals surface area contributed by atoms with E-state index in [9.17, 15) is 13.2 Å². The summed E-state index contributed by atoms with van der Waals surface area (Å²) in [6.07, 6.45) is 4.11. The second-order valence-corrected chi connectivity index (χ2v) is 11.0. The molecule has 2 heterocycles. The number of aryl methyl sites for hydroxylation is 1. The molecular formula is C23H40Cl2N4O5S. The van der Waals surface area contributed by atoms with Crippen LogP contribution in [0.3, 0.4) is 0 Å². The molecule has 3 rings (SSSR count). The molecule has 1 aromatic carbocycles. The van der Waals surface area contributed by atoms with Crippen molar-refractivity contribution in [1.29, 1.82) is 0 Å². The molecule has 2 aliphatic rings. The number of rotatable bonds is 10. The molecule has 2 fully saturated rings. The number of hydroxylamine groups is 1. The van der Waals surface area contributed by atoms with Crippen molar-refractivity contribution in [2.24, 2.45) is 5.92 Å². The summed E-state index contributed by atoms with van der Waals surface area (Å²) >= 11 is 0. The van der Waals surface area contributed by atoms with Crippen molar-refractivity contribution in [3.63, 3.8) is 0 Å². The molecule has 0 aromatic heterocycles. The summed E-state index contributed by atoms with van der Waals surface area (Å²) in [4.78, 5) is 16.1. The summed E-state index contributed by atoms with van der Waals surface area (Å²) in [5.41, 5.74) is 4.13. The van der Waals surface area contributed by atoms with E-state index in [4.69, 9.17) is 9.94 Å². The number of methoxy groups -OCH3 is 1. The number of sulfonamides is 1. The van der Waals surface area contributed by atoms with E-state index < -0.39 is 27.2 Å². The molecule has 9 nitrogen and oxygen atoms in total. The number of anilines is 1. The zero-order chi connectivity index (χ0) is 23.8. The lowest BCUT2D eigenvalue weighted by Crippen LogP contribution is -2.57. The Morgan fingerprint density at radius 2 is 1.77 bits per heavy atom. The molecule has 0 aliphatic carbocycles. The molecule has 2 unspecified atom stereocenters. The number of halogens is 2. The summed E-state index contributed by atoms with van der Waals surface area (Å²) in [6.45, 7) is 5.63. The highest BCUT2D eigenvalue weighted by Crippen LogP contribution is 2.29. The van der Waals surface area contributed by atoms with Crippen LogP contribution in [-0.4, -0.2) is 87.1 Å². The van der Waals surface area contributed by atoms with Crippen LogP contribution in [0.4, 0.5) is 5.69 Å². The fraction of sp³-hybridized carbons (Fsp3) is 0.696. The van der Waals surface area contributed by atoms with Crippen LogP contribution in [0.1, 0.15) is 38.2 Å². The number of piperazine rings is 1. The van der Waals surface area contributed by atoms with E-state index in [1.54, 1.807) is 16.9 Å². The van der Waals surface area contributed by atoms with Crippen molar-refractivity contribution >= 4 is 46.4 Å². The van der Waals surface area contributed by atoms with Gasteiger partial charge < -0.3 is 9.64 Å². The van der Waals surface area contributed by atoms with Crippen molar-refractivity contribution in [1.82, 2.24) is 14.7 Å². The van der Waals surface area contributed by atoms with Crippen molar-refractivity contribution in [3.05, 3.63) is 29.8 Å². The van der Waals surface area contributed by atoms with Crippen LogP contribution in [0.5, 0.6) is 0 Å². The predicted octanol–water partition coefficient (Wildman–Crippen LogP) is 2.51. The zero-order valence-corrected chi connectivity index (χ0v) is 23.0. The van der Waals surface area contributed by atoms with Gasteiger partial charge in [0.2, 0.25) is 15.9 Å². The lowest BCUT2D eigenvalue weighted by atomic mass is 9.96. The van der Waals surface area contributed by atoms with Gasteiger partial charge >= 0.3 is 0 Å². The molecule has 2 N–H and O–H groups in total. The molecule has 0 spiro atoms. The number of likely N-dealkylation sites (tertiary alicyclic amines) is 1. The molecule has 2 atom stereocenters. The summed E-state index contributed by atoms with van der Waals surface area (Å²) in [6, 6.07) is 8.58. The first-order valence-corrected chi connectivity index (χ1v) is 13.4. The number of piperidine rings is 1. The molecule has 12 heteroatoms. The van der Waals surface area contributed by atoms with Crippen LogP contribution in [0.2, 0.25) is 0 Å². The third-order valence-corrected chi connectivity index (χ3v) is 9.05. The largest absolute Gasteiger partial charge is 0.383 e. The second-order valence-electron chi connectivity index (χ2n) is 8.88. The third kappa shape index (κ3) is 8.18. The van der Waals surface area contributed by atoms with Crippen molar-refractivity contribution in [3.8, 4) is 0 Å². The third-order valence-electron chi connectivity index (χ3n) is 6.78. The van der Waals surface area contributed by atoms with Crippen molar-refractivity contribution < 1.29 is 23.2 Å². The van der Waals surface area contributed by atoms with Gasteiger partial charge in [0.15, 0.2) is 0 Å². The van der Waals surface area contributed by atoms with E-state index in [2.05, 4.69) is 36.1 Å². The van der Waals surface area contributed by atoms with Gasteiger partial charge in [-0.25, -0.2) is 13.9 Å². The number of nitrogens with zero attached hydrogens (tertiary/aromatic N) is 3. The van der Waals surface area contributed by atoms with Gasteiger partial charge in [-0.15, -0.1) is 24.8 Å². The average Bonchev–Trinajstić information content (AvgIpc) is 2.86. The minimum absolute atomic E-state index is 0. The Bertz CT molecular complexity index is 867. The van der Waals surface area contributed by atoms with Gasteiger partial charge in [0, 0.05) is 58.0 Å². The maximum Gasteiger partial charge on any atom is 0.246 e. The van der Waals surface area contributed by atoms with Crippen molar-refractivity contribution in [2.75, 3.05) is 57.9 Å². The Morgan fingerprint density at radius 1 is 1.11 bits per heavy atom. The second kappa shape index (κ2) is 15.2. The van der Waals surface area contributed by atoms with Gasteiger partial charge in [0.25, 0.3) is 0 Å². The first kappa shape index (κ1) is 31.9. The fourth-order valence-electron chi connectivity index (χ4n) is 4.71. The quantitative estimate of drug-likeness (QED) is 0.338. The Hall–Kier alpha value is -1.14. The van der Waals surface area contributed by atoms with E-state index in [0.29, 0.717) is 52.3 Å². The number of benzene rings is 1. The summed E-state index contributed by atoms with van der Waals surface area (Å²) in [5.74, 6) is -1.05. The highest BCUT2D eigenvalue weighted by Gasteiger charge is 2.43. The molecule has 2 saturated heterocycles. The molecular weight excluding hydrogens is 515 g/mol. The monoisotopic (exact) mass is 554 g/mol. The highest BCUT2D eigenvalue weighted by molar-refractivity contribution is 7.89. The number of carbonyl (C=O) groups is 1. The van der Waals surface area contributed by atoms with Crippen molar-refractivity contribution in [2.45, 2.75) is 44.4 Å². The SMILES string of the molecule is CCCCc1ccc(N2CCN(S(=O)(=O)C3CC(C(=O)NO)CCN3CCOC)CC2)cc1.Cl.Cl. The first-order chi connectivity index (χ1) is 15.9. The maximum absolute atomic E-state index is 13.6. The van der Waals surface area contributed by atoms with E-state index in [1.165, 1.54) is 18.4 Å². The molecule has 2 aliphatic heterocycles. The van der Waals surface area contributed by atoms with E-state index in [-0.39, 0.29) is 31.2 Å². The highest BCUT2D eigenvalue weighted by atomic mass is 35.5. The fourth-order valence-corrected chi connectivity index (χ4v) is 6.79. The number of carbonyl (C=O) groups excluding carboxylic acids is 1. The van der Waals surface area contributed by atoms with Gasteiger partial charge in [-0.05, 0) is 43.4 Å². The standard InChI is InChI=1S/C23H38N4O5S.2ClH/c1-3-4-5-19-6-8-21(9-7-19)25-12-14-27(15-13-25)33(30,31)22-18-20(23(28)24-29)10-11-26(22)16-17-32-2;;/h6-9,20,22,29H,3-5,10-18H2,1-2H3,(H,24,28);2*1H. The molecule has 0 saturated carbocycles. The number of amides is 1. The first-order valence-electron chi connectivity index (χ1n) is 11.9. The maximum atomic E-state index is 13.6. The lowest BCUT2D eigenvalue weighted by molar-refractivity contribution is -0.135. The van der Waals surface area contributed by atoms with Crippen LogP contribution >= 0.6 is 24.8 Å². The molecule has 0 bridgehead atoms. The minimum Gasteiger partial charge on any atom is -0.383 e. The average molecular weight is 556 g/mol. The normalized spacial score (nSPS) is 21.6. The minimum atomic E-state index is -3.65. The molecule has 1 amide bonds. The van der Waals surface area contributed by atoms with Crippen LogP contribution in [0, 0.1) is 5.92 Å². The van der Waals surface area contributed by atoms with Crippen LogP contribution in [0.25, 0.3) is 0 Å². The Kier molecular flexibility index (Phi) is 13.8. The summed E-state index contributed by atoms with van der Waals surface area (Å²) in [7, 11) is -2.06. The van der Waals surface area contributed by atoms with Gasteiger partial charge in [0.05, 0.1) is 6.61 Å². The van der Waals surface area contributed by atoms with Crippen LogP contribution < -0.4 is 10.4 Å². The Balaban J connectivity index is 0.00000306. The van der Waals surface area contributed by atoms with Crippen LogP contribution in [-0.2, 0) is 26.0 Å². The Morgan fingerprint density at radius 3 is 2.34 bits per heavy atom. The van der Waals surface area contributed by atoms with E-state index in [0.717, 1.165) is 12.1 Å². The molecule has 202 valence electrons. The van der Waals surface area contributed by atoms with Gasteiger partial charge in [-0.1, -0.05) is 25.5 Å². The van der Waals surface area contributed by atoms with Gasteiger partial charge in [-0.2, -0.15) is 4.31 Å². The number of ether oxygens (including phenoxy) is 1. The van der Waals surface area contributed by atoms with E-state index in [1.807, 2.05) is 4.90 Å². The lowest BCUT2D eigenvalue weighted by Gasteiger charge is -2.42. The smallest absolute Gasteiger partial charge is 0.246 e. The topological polar surface area (TPSA) is 102 Å². The molecule has 35 heavy (non-hydrogen) atoms. The number of hydrogen-bond acceptors (Lipinski definition) is 7. The number of hydrogen-bond donors (Lipinski definition) is 2.